The van der Waals surface area contributed by atoms with Crippen LogP contribution < -0.4 is 18.9 Å². The SMILES string of the molecule is C=CC(=O)Oc1ccc(C#Cc2cc(OC(=O)C=C)c(-c3ccc(OC(=O)C=C)cc3)c(OC(=O)C=C)c2F)cc1. The summed E-state index contributed by atoms with van der Waals surface area (Å²) in [6.45, 7) is 13.3. The van der Waals surface area contributed by atoms with Crippen molar-refractivity contribution in [3.05, 3.63) is 122 Å². The Morgan fingerprint density at radius 1 is 0.634 bits per heavy atom. The monoisotopic (exact) mass is 552 g/mol. The number of benzene rings is 3. The number of halogens is 1. The van der Waals surface area contributed by atoms with Crippen LogP contribution >= 0.6 is 0 Å². The molecule has 0 bridgehead atoms. The van der Waals surface area contributed by atoms with E-state index in [1.54, 1.807) is 0 Å². The van der Waals surface area contributed by atoms with Gasteiger partial charge in [-0.2, -0.15) is 0 Å². The van der Waals surface area contributed by atoms with Gasteiger partial charge in [-0.25, -0.2) is 23.6 Å². The van der Waals surface area contributed by atoms with Gasteiger partial charge in [-0.1, -0.05) is 50.3 Å². The molecule has 9 heteroatoms. The minimum atomic E-state index is -1.03. The lowest BCUT2D eigenvalue weighted by atomic mass is 10.00. The first-order valence-corrected chi connectivity index (χ1v) is 11.6. The van der Waals surface area contributed by atoms with Crippen LogP contribution in [0.1, 0.15) is 11.1 Å². The Bertz CT molecular complexity index is 1620. The van der Waals surface area contributed by atoms with Gasteiger partial charge in [0.25, 0.3) is 0 Å². The van der Waals surface area contributed by atoms with Crippen molar-refractivity contribution in [1.29, 1.82) is 0 Å². The van der Waals surface area contributed by atoms with Crippen molar-refractivity contribution in [1.82, 2.24) is 0 Å². The molecule has 3 aromatic rings. The van der Waals surface area contributed by atoms with Crippen LogP contribution in [0.2, 0.25) is 0 Å². The molecule has 0 aromatic heterocycles. The van der Waals surface area contributed by atoms with Crippen LogP contribution in [0.25, 0.3) is 11.1 Å². The second-order valence-corrected chi connectivity index (χ2v) is 7.74. The van der Waals surface area contributed by atoms with Gasteiger partial charge in [-0.15, -0.1) is 0 Å². The molecule has 0 spiro atoms. The van der Waals surface area contributed by atoms with Crippen molar-refractivity contribution < 1.29 is 42.5 Å². The Hall–Kier alpha value is -6.01. The fourth-order valence-corrected chi connectivity index (χ4v) is 3.19. The number of ether oxygens (including phenoxy) is 4. The number of hydrogen-bond acceptors (Lipinski definition) is 8. The van der Waals surface area contributed by atoms with Gasteiger partial charge in [0.05, 0.1) is 11.1 Å². The maximum atomic E-state index is 15.8. The molecule has 0 amide bonds. The van der Waals surface area contributed by atoms with E-state index in [0.29, 0.717) is 5.56 Å². The summed E-state index contributed by atoms with van der Waals surface area (Å²) in [6, 6.07) is 12.9. The average Bonchev–Trinajstić information content (AvgIpc) is 2.98. The molecule has 0 aliphatic heterocycles. The van der Waals surface area contributed by atoms with Crippen molar-refractivity contribution in [2.45, 2.75) is 0 Å². The van der Waals surface area contributed by atoms with E-state index >= 15 is 4.39 Å². The normalized spacial score (nSPS) is 9.68. The van der Waals surface area contributed by atoms with Crippen molar-refractivity contribution in [2.75, 3.05) is 0 Å². The van der Waals surface area contributed by atoms with Crippen LogP contribution in [0.15, 0.2) is 105 Å². The van der Waals surface area contributed by atoms with Crippen LogP contribution in [0.4, 0.5) is 4.39 Å². The van der Waals surface area contributed by atoms with E-state index < -0.39 is 35.4 Å². The lowest BCUT2D eigenvalue weighted by Crippen LogP contribution is -2.10. The van der Waals surface area contributed by atoms with Crippen LogP contribution in [-0.2, 0) is 19.2 Å². The smallest absolute Gasteiger partial charge is 0.335 e. The molecule has 0 atom stereocenters. The third-order valence-electron chi connectivity index (χ3n) is 5.04. The summed E-state index contributed by atoms with van der Waals surface area (Å²) in [4.78, 5) is 47.2. The highest BCUT2D eigenvalue weighted by Gasteiger charge is 2.25. The molecule has 204 valence electrons. The van der Waals surface area contributed by atoms with Gasteiger partial charge in [0.1, 0.15) is 17.2 Å². The summed E-state index contributed by atoms with van der Waals surface area (Å²) >= 11 is 0. The largest absolute Gasteiger partial charge is 0.423 e. The van der Waals surface area contributed by atoms with E-state index in [4.69, 9.17) is 18.9 Å². The summed E-state index contributed by atoms with van der Waals surface area (Å²) in [5.74, 6) is 0.770. The lowest BCUT2D eigenvalue weighted by molar-refractivity contribution is -0.130. The highest BCUT2D eigenvalue weighted by atomic mass is 19.1. The van der Waals surface area contributed by atoms with E-state index in [2.05, 4.69) is 38.2 Å². The lowest BCUT2D eigenvalue weighted by Gasteiger charge is -2.16. The zero-order chi connectivity index (χ0) is 29.9. The average molecular weight is 553 g/mol. The Morgan fingerprint density at radius 2 is 1.10 bits per heavy atom. The van der Waals surface area contributed by atoms with Gasteiger partial charge < -0.3 is 18.9 Å². The second kappa shape index (κ2) is 13.7. The molecule has 8 nitrogen and oxygen atoms in total. The highest BCUT2D eigenvalue weighted by molar-refractivity contribution is 5.90. The first-order chi connectivity index (χ1) is 19.7. The summed E-state index contributed by atoms with van der Waals surface area (Å²) in [6.07, 6.45) is 3.72. The van der Waals surface area contributed by atoms with Crippen LogP contribution in [-0.4, -0.2) is 23.9 Å². The number of rotatable bonds is 9. The summed E-state index contributed by atoms with van der Waals surface area (Å²) in [5.41, 5.74) is 0.288. The predicted molar refractivity (Wildman–Crippen MR) is 148 cm³/mol. The molecule has 0 heterocycles. The van der Waals surface area contributed by atoms with Gasteiger partial charge in [-0.05, 0) is 42.0 Å². The molecule has 0 saturated carbocycles. The van der Waals surface area contributed by atoms with E-state index in [9.17, 15) is 19.2 Å². The molecular formula is C32H21FO8. The third-order valence-corrected chi connectivity index (χ3v) is 5.04. The molecule has 41 heavy (non-hydrogen) atoms. The van der Waals surface area contributed by atoms with Gasteiger partial charge >= 0.3 is 23.9 Å². The molecule has 0 unspecified atom stereocenters. The van der Waals surface area contributed by atoms with E-state index in [0.717, 1.165) is 30.4 Å². The standard InChI is InChI=1S/C32H21FO8/c1-5-26(34)38-23-15-10-20(11-16-23)9-12-22-19-25(40-28(36)7-3)30(32(31(22)33)41-29(37)8-4)21-13-17-24(18-14-21)39-27(35)6-2/h5-8,10-11,13-19H,1-4H2. The quantitative estimate of drug-likeness (QED) is 0.153. The van der Waals surface area contributed by atoms with Crippen molar-refractivity contribution in [3.8, 4) is 46.0 Å². The molecule has 0 radical (unpaired) electrons. The second-order valence-electron chi connectivity index (χ2n) is 7.74. The maximum absolute atomic E-state index is 15.8. The summed E-state index contributed by atoms with van der Waals surface area (Å²) < 4.78 is 36.5. The predicted octanol–water partition coefficient (Wildman–Crippen LogP) is 5.26. The van der Waals surface area contributed by atoms with Crippen molar-refractivity contribution in [3.63, 3.8) is 0 Å². The Balaban J connectivity index is 2.15. The molecule has 0 aliphatic carbocycles. The highest BCUT2D eigenvalue weighted by Crippen LogP contribution is 2.43. The van der Waals surface area contributed by atoms with Crippen molar-refractivity contribution in [2.24, 2.45) is 0 Å². The summed E-state index contributed by atoms with van der Waals surface area (Å²) in [7, 11) is 0. The minimum Gasteiger partial charge on any atom is -0.423 e. The Labute approximate surface area is 234 Å². The topological polar surface area (TPSA) is 105 Å². The Kier molecular flexibility index (Phi) is 9.86. The van der Waals surface area contributed by atoms with Crippen LogP contribution in [0.5, 0.6) is 23.0 Å². The van der Waals surface area contributed by atoms with Gasteiger partial charge in [0.2, 0.25) is 0 Å². The van der Waals surface area contributed by atoms with Crippen LogP contribution in [0.3, 0.4) is 0 Å². The fraction of sp³-hybridized carbons (Fsp3) is 0. The number of carbonyl (C=O) groups excluding carboxylic acids is 4. The number of carbonyl (C=O) groups is 4. The Morgan fingerprint density at radius 3 is 1.61 bits per heavy atom. The molecule has 0 fully saturated rings. The van der Waals surface area contributed by atoms with Gasteiger partial charge in [0.15, 0.2) is 11.6 Å². The number of esters is 4. The molecule has 0 saturated heterocycles. The van der Waals surface area contributed by atoms with Gasteiger partial charge in [0, 0.05) is 35.9 Å². The molecule has 0 aliphatic rings. The zero-order valence-electron chi connectivity index (χ0n) is 21.5. The van der Waals surface area contributed by atoms with Crippen LogP contribution in [0, 0.1) is 17.7 Å². The first kappa shape index (κ1) is 29.5. The van der Waals surface area contributed by atoms with Gasteiger partial charge in [-0.3, -0.25) is 0 Å². The minimum absolute atomic E-state index is 0.103. The maximum Gasteiger partial charge on any atom is 0.335 e. The third kappa shape index (κ3) is 7.75. The summed E-state index contributed by atoms with van der Waals surface area (Å²) in [5, 5.41) is 0. The fourth-order valence-electron chi connectivity index (χ4n) is 3.19. The van der Waals surface area contributed by atoms with Crippen molar-refractivity contribution >= 4 is 23.9 Å². The zero-order valence-corrected chi connectivity index (χ0v) is 21.5. The molecule has 3 aromatic carbocycles. The van der Waals surface area contributed by atoms with E-state index in [-0.39, 0.29) is 33.9 Å². The van der Waals surface area contributed by atoms with E-state index in [1.807, 2.05) is 0 Å². The first-order valence-electron chi connectivity index (χ1n) is 11.6. The molecule has 3 rings (SSSR count). The van der Waals surface area contributed by atoms with E-state index in [1.165, 1.54) is 48.5 Å². The number of hydrogen-bond donors (Lipinski definition) is 0. The molecule has 0 N–H and O–H groups in total. The molecular weight excluding hydrogens is 531 g/mol.